The average molecular weight is 428 g/mol. The number of hydrogen-bond acceptors (Lipinski definition) is 3. The van der Waals surface area contributed by atoms with E-state index in [0.29, 0.717) is 22.6 Å². The number of nitrogens with zero attached hydrogens (tertiary/aromatic N) is 2. The minimum absolute atomic E-state index is 0.00937. The van der Waals surface area contributed by atoms with E-state index in [1.165, 1.54) is 24.3 Å². The summed E-state index contributed by atoms with van der Waals surface area (Å²) in [5.74, 6) is -0.529. The molecule has 0 bridgehead atoms. The van der Waals surface area contributed by atoms with Crippen LogP contribution in [-0.2, 0) is 0 Å². The van der Waals surface area contributed by atoms with Crippen LogP contribution in [0.15, 0.2) is 54.7 Å². The lowest BCUT2D eigenvalue weighted by Gasteiger charge is -2.15. The summed E-state index contributed by atoms with van der Waals surface area (Å²) >= 11 is 5.79. The van der Waals surface area contributed by atoms with Crippen LogP contribution in [0.1, 0.15) is 18.5 Å². The second-order valence-corrected chi connectivity index (χ2v) is 7.10. The van der Waals surface area contributed by atoms with Gasteiger partial charge in [0.2, 0.25) is 0 Å². The van der Waals surface area contributed by atoms with Crippen molar-refractivity contribution in [1.29, 1.82) is 0 Å². The van der Waals surface area contributed by atoms with Crippen molar-refractivity contribution in [3.8, 4) is 11.3 Å². The van der Waals surface area contributed by atoms with Crippen molar-refractivity contribution < 1.29 is 13.6 Å². The zero-order valence-corrected chi connectivity index (χ0v) is 16.5. The standard InChI is InChI=1S/C21H16ClF2N5O/c1-11(13-4-7-17(24)16(22)8-13)26-21(30)27-19-9-18-15(10-25-19)20(29-28-18)12-2-5-14(23)6-3-12/h2-11H,1H3,(H,28,29)(H2,25,26,27,30)/t11-/m1/s1. The molecule has 0 radical (unpaired) electrons. The van der Waals surface area contributed by atoms with Crippen molar-refractivity contribution in [2.45, 2.75) is 13.0 Å². The Morgan fingerprint density at radius 2 is 1.90 bits per heavy atom. The maximum absolute atomic E-state index is 13.3. The number of anilines is 1. The van der Waals surface area contributed by atoms with E-state index in [4.69, 9.17) is 11.6 Å². The fourth-order valence-electron chi connectivity index (χ4n) is 3.02. The Kier molecular flexibility index (Phi) is 5.33. The van der Waals surface area contributed by atoms with E-state index >= 15 is 0 Å². The number of aromatic nitrogens is 3. The summed E-state index contributed by atoms with van der Waals surface area (Å²) < 4.78 is 26.4. The number of urea groups is 1. The first kappa shape index (κ1) is 19.8. The van der Waals surface area contributed by atoms with Crippen molar-refractivity contribution in [3.63, 3.8) is 0 Å². The Bertz CT molecular complexity index is 1230. The second kappa shape index (κ2) is 8.08. The Balaban J connectivity index is 1.48. The Morgan fingerprint density at radius 1 is 1.13 bits per heavy atom. The first-order chi connectivity index (χ1) is 14.4. The van der Waals surface area contributed by atoms with E-state index in [1.807, 2.05) is 0 Å². The van der Waals surface area contributed by atoms with E-state index in [-0.39, 0.29) is 10.8 Å². The topological polar surface area (TPSA) is 82.7 Å². The summed E-state index contributed by atoms with van der Waals surface area (Å²) in [5.41, 5.74) is 2.71. The highest BCUT2D eigenvalue weighted by atomic mass is 35.5. The quantitative estimate of drug-likeness (QED) is 0.405. The van der Waals surface area contributed by atoms with E-state index < -0.39 is 17.9 Å². The maximum atomic E-state index is 13.3. The SMILES string of the molecule is C[C@@H](NC(=O)Nc1cc2[nH]nc(-c3ccc(F)cc3)c2cn1)c1ccc(F)c(Cl)c1. The average Bonchev–Trinajstić information content (AvgIpc) is 3.13. The second-order valence-electron chi connectivity index (χ2n) is 6.69. The normalized spacial score (nSPS) is 12.0. The first-order valence-electron chi connectivity index (χ1n) is 9.03. The molecule has 2 amide bonds. The molecular formula is C21H16ClF2N5O. The molecule has 0 fully saturated rings. The number of hydrogen-bond donors (Lipinski definition) is 3. The predicted molar refractivity (Wildman–Crippen MR) is 111 cm³/mol. The van der Waals surface area contributed by atoms with Gasteiger partial charge in [-0.05, 0) is 48.9 Å². The third-order valence-corrected chi connectivity index (χ3v) is 4.89. The molecule has 9 heteroatoms. The number of aromatic amines is 1. The number of rotatable bonds is 4. The van der Waals surface area contributed by atoms with Gasteiger partial charge in [0.1, 0.15) is 23.1 Å². The molecule has 0 saturated carbocycles. The zero-order chi connectivity index (χ0) is 21.3. The monoisotopic (exact) mass is 427 g/mol. The van der Waals surface area contributed by atoms with E-state index in [9.17, 15) is 13.6 Å². The number of pyridine rings is 1. The largest absolute Gasteiger partial charge is 0.331 e. The Labute approximate surface area is 175 Å². The van der Waals surface area contributed by atoms with Crippen LogP contribution in [0.25, 0.3) is 22.2 Å². The molecule has 0 unspecified atom stereocenters. The number of H-pyrrole nitrogens is 1. The Morgan fingerprint density at radius 3 is 2.63 bits per heavy atom. The van der Waals surface area contributed by atoms with Crippen LogP contribution in [0.5, 0.6) is 0 Å². The van der Waals surface area contributed by atoms with Gasteiger partial charge in [-0.25, -0.2) is 18.6 Å². The van der Waals surface area contributed by atoms with Gasteiger partial charge in [-0.2, -0.15) is 5.10 Å². The molecule has 0 aliphatic carbocycles. The predicted octanol–water partition coefficient (Wildman–Crippen LogP) is 5.44. The highest BCUT2D eigenvalue weighted by molar-refractivity contribution is 6.30. The summed E-state index contributed by atoms with van der Waals surface area (Å²) in [4.78, 5) is 16.6. The van der Waals surface area contributed by atoms with Crippen molar-refractivity contribution >= 4 is 34.4 Å². The fourth-order valence-corrected chi connectivity index (χ4v) is 3.21. The third kappa shape index (κ3) is 4.08. The summed E-state index contributed by atoms with van der Waals surface area (Å²) in [6.45, 7) is 1.75. The molecule has 4 rings (SSSR count). The summed E-state index contributed by atoms with van der Waals surface area (Å²) in [5, 5.41) is 13.3. The maximum Gasteiger partial charge on any atom is 0.320 e. The van der Waals surface area contributed by atoms with Crippen LogP contribution >= 0.6 is 11.6 Å². The lowest BCUT2D eigenvalue weighted by Crippen LogP contribution is -2.31. The van der Waals surface area contributed by atoms with Gasteiger partial charge in [0.15, 0.2) is 0 Å². The number of fused-ring (bicyclic) bond motifs is 1. The van der Waals surface area contributed by atoms with E-state index in [1.54, 1.807) is 37.4 Å². The van der Waals surface area contributed by atoms with Gasteiger partial charge in [0, 0.05) is 23.2 Å². The molecule has 0 aliphatic rings. The van der Waals surface area contributed by atoms with Crippen molar-refractivity contribution in [3.05, 3.63) is 76.9 Å². The van der Waals surface area contributed by atoms with Gasteiger partial charge in [-0.1, -0.05) is 17.7 Å². The number of amides is 2. The van der Waals surface area contributed by atoms with Gasteiger partial charge in [0.25, 0.3) is 0 Å². The molecular weight excluding hydrogens is 412 g/mol. The molecule has 152 valence electrons. The van der Waals surface area contributed by atoms with Gasteiger partial charge in [-0.3, -0.25) is 10.4 Å². The lowest BCUT2D eigenvalue weighted by atomic mass is 10.1. The van der Waals surface area contributed by atoms with E-state index in [0.717, 1.165) is 10.9 Å². The molecule has 0 aliphatic heterocycles. The number of halogens is 3. The van der Waals surface area contributed by atoms with Crippen molar-refractivity contribution in [2.75, 3.05) is 5.32 Å². The molecule has 2 heterocycles. The first-order valence-corrected chi connectivity index (χ1v) is 9.41. The van der Waals surface area contributed by atoms with Crippen molar-refractivity contribution in [2.24, 2.45) is 0 Å². The molecule has 4 aromatic rings. The number of carbonyl (C=O) groups is 1. The molecule has 2 aromatic heterocycles. The smallest absolute Gasteiger partial charge is 0.320 e. The van der Waals surface area contributed by atoms with Gasteiger partial charge in [0.05, 0.1) is 16.6 Å². The zero-order valence-electron chi connectivity index (χ0n) is 15.7. The van der Waals surface area contributed by atoms with Gasteiger partial charge >= 0.3 is 6.03 Å². The highest BCUT2D eigenvalue weighted by Gasteiger charge is 2.14. The van der Waals surface area contributed by atoms with Crippen LogP contribution in [0.3, 0.4) is 0 Å². The van der Waals surface area contributed by atoms with Gasteiger partial charge < -0.3 is 5.32 Å². The lowest BCUT2D eigenvalue weighted by molar-refractivity contribution is 0.249. The number of carbonyl (C=O) groups excluding carboxylic acids is 1. The minimum atomic E-state index is -0.519. The van der Waals surface area contributed by atoms with Crippen LogP contribution in [0.2, 0.25) is 5.02 Å². The van der Waals surface area contributed by atoms with Crippen molar-refractivity contribution in [1.82, 2.24) is 20.5 Å². The summed E-state index contributed by atoms with van der Waals surface area (Å²) in [6.07, 6.45) is 1.58. The fraction of sp³-hybridized carbons (Fsp3) is 0.0952. The molecule has 0 saturated heterocycles. The number of benzene rings is 2. The highest BCUT2D eigenvalue weighted by Crippen LogP contribution is 2.27. The minimum Gasteiger partial charge on any atom is -0.331 e. The molecule has 3 N–H and O–H groups in total. The van der Waals surface area contributed by atoms with Crippen LogP contribution < -0.4 is 10.6 Å². The molecule has 2 aromatic carbocycles. The van der Waals surface area contributed by atoms with Gasteiger partial charge in [-0.15, -0.1) is 0 Å². The molecule has 0 spiro atoms. The molecule has 1 atom stereocenters. The Hall–Kier alpha value is -3.52. The third-order valence-electron chi connectivity index (χ3n) is 4.60. The van der Waals surface area contributed by atoms with E-state index in [2.05, 4.69) is 25.8 Å². The number of nitrogens with one attached hydrogen (secondary N) is 3. The van der Waals surface area contributed by atoms with Crippen LogP contribution in [0.4, 0.5) is 19.4 Å². The molecule has 6 nitrogen and oxygen atoms in total. The van der Waals surface area contributed by atoms with Crippen LogP contribution in [-0.4, -0.2) is 21.2 Å². The summed E-state index contributed by atoms with van der Waals surface area (Å²) in [6, 6.07) is 11.0. The summed E-state index contributed by atoms with van der Waals surface area (Å²) in [7, 11) is 0. The van der Waals surface area contributed by atoms with Crippen LogP contribution in [0, 0.1) is 11.6 Å². The molecule has 30 heavy (non-hydrogen) atoms.